The summed E-state index contributed by atoms with van der Waals surface area (Å²) in [6, 6.07) is 0. The Kier molecular flexibility index (Phi) is 17.2. The maximum atomic E-state index is 11.5. The molecule has 1 aromatic rings. The van der Waals surface area contributed by atoms with Crippen LogP contribution in [0.15, 0.2) is 6.20 Å². The molecular formula is C20H38N2O8S. The number of H-pyrrole nitrogens is 1. The Bertz CT molecular complexity index is 691. The van der Waals surface area contributed by atoms with Gasteiger partial charge in [-0.15, -0.1) is 0 Å². The Morgan fingerprint density at radius 1 is 1.06 bits per heavy atom. The van der Waals surface area contributed by atoms with E-state index in [1.165, 1.54) is 19.3 Å². The fourth-order valence-corrected chi connectivity index (χ4v) is 2.79. The second-order valence-corrected chi connectivity index (χ2v) is 7.98. The molecule has 0 saturated heterocycles. The van der Waals surface area contributed by atoms with Crippen molar-refractivity contribution in [3.8, 4) is 0 Å². The number of imidazole rings is 1. The van der Waals surface area contributed by atoms with Crippen molar-refractivity contribution in [3.63, 3.8) is 0 Å². The zero-order valence-electron chi connectivity index (χ0n) is 19.2. The van der Waals surface area contributed by atoms with Crippen molar-refractivity contribution in [1.29, 1.82) is 0 Å². The number of esters is 1. The SMILES string of the molecule is CCCCCCCCOS(=O)(=O)[O-].COCCOCCOC(=O)Cc1c[nH]c(C)[n+]1C. The molecule has 0 aliphatic carbocycles. The topological polar surface area (TPSA) is 131 Å². The molecule has 11 heteroatoms. The molecule has 182 valence electrons. The minimum Gasteiger partial charge on any atom is -0.726 e. The van der Waals surface area contributed by atoms with Crippen molar-refractivity contribution in [1.82, 2.24) is 4.98 Å². The van der Waals surface area contributed by atoms with Gasteiger partial charge in [0.25, 0.3) is 5.82 Å². The number of ether oxygens (including phenoxy) is 3. The molecule has 10 nitrogen and oxygen atoms in total. The number of aryl methyl sites for hydroxylation is 1. The van der Waals surface area contributed by atoms with E-state index in [0.29, 0.717) is 26.2 Å². The Morgan fingerprint density at radius 2 is 1.71 bits per heavy atom. The number of nitrogens with zero attached hydrogens (tertiary/aromatic N) is 1. The minimum absolute atomic E-state index is 0.0258. The van der Waals surface area contributed by atoms with Gasteiger partial charge >= 0.3 is 5.97 Å². The molecule has 0 unspecified atom stereocenters. The van der Waals surface area contributed by atoms with E-state index in [1.54, 1.807) is 7.11 Å². The van der Waals surface area contributed by atoms with Gasteiger partial charge in [-0.25, -0.2) is 18.0 Å². The van der Waals surface area contributed by atoms with Crippen molar-refractivity contribution < 1.29 is 40.7 Å². The van der Waals surface area contributed by atoms with Crippen molar-refractivity contribution >= 4 is 16.4 Å². The number of hydrogen-bond acceptors (Lipinski definition) is 8. The first-order chi connectivity index (χ1) is 14.7. The summed E-state index contributed by atoms with van der Waals surface area (Å²) in [6.07, 6.45) is 8.29. The van der Waals surface area contributed by atoms with Crippen LogP contribution < -0.4 is 4.57 Å². The molecule has 0 saturated carbocycles. The predicted molar refractivity (Wildman–Crippen MR) is 113 cm³/mol. The lowest BCUT2D eigenvalue weighted by atomic mass is 10.1. The molecule has 31 heavy (non-hydrogen) atoms. The number of methoxy groups -OCH3 is 1. The Labute approximate surface area is 186 Å². The van der Waals surface area contributed by atoms with Gasteiger partial charge in [0.1, 0.15) is 19.2 Å². The van der Waals surface area contributed by atoms with Gasteiger partial charge in [-0.1, -0.05) is 39.0 Å². The summed E-state index contributed by atoms with van der Waals surface area (Å²) >= 11 is 0. The molecule has 0 bridgehead atoms. The van der Waals surface area contributed by atoms with E-state index in [0.717, 1.165) is 24.4 Å². The third-order valence-electron chi connectivity index (χ3n) is 4.36. The number of unbranched alkanes of at least 4 members (excludes halogenated alkanes) is 5. The summed E-state index contributed by atoms with van der Waals surface area (Å²) in [5.41, 5.74) is 0.901. The summed E-state index contributed by atoms with van der Waals surface area (Å²) in [4.78, 5) is 14.6. The highest BCUT2D eigenvalue weighted by Gasteiger charge is 2.14. The van der Waals surface area contributed by atoms with Crippen LogP contribution in [0.2, 0.25) is 0 Å². The second kappa shape index (κ2) is 18.1. The molecule has 1 N–H and O–H groups in total. The first-order valence-electron chi connectivity index (χ1n) is 10.6. The maximum absolute atomic E-state index is 11.5. The van der Waals surface area contributed by atoms with Crippen LogP contribution in [0.3, 0.4) is 0 Å². The van der Waals surface area contributed by atoms with Crippen molar-refractivity contribution in [2.24, 2.45) is 7.05 Å². The summed E-state index contributed by atoms with van der Waals surface area (Å²) < 4.78 is 51.0. The van der Waals surface area contributed by atoms with E-state index in [-0.39, 0.29) is 25.6 Å². The van der Waals surface area contributed by atoms with Crippen LogP contribution in [0.4, 0.5) is 0 Å². The molecule has 1 heterocycles. The fraction of sp³-hybridized carbons (Fsp3) is 0.800. The molecule has 0 atom stereocenters. The molecule has 0 aromatic carbocycles. The van der Waals surface area contributed by atoms with E-state index in [9.17, 15) is 17.8 Å². The maximum Gasteiger partial charge on any atom is 0.314 e. The molecule has 1 aromatic heterocycles. The molecule has 0 spiro atoms. The summed E-state index contributed by atoms with van der Waals surface area (Å²) in [7, 11) is -0.953. The lowest BCUT2D eigenvalue weighted by Crippen LogP contribution is -2.35. The van der Waals surface area contributed by atoms with E-state index in [2.05, 4.69) is 16.1 Å². The summed E-state index contributed by atoms with van der Waals surface area (Å²) in [6.45, 7) is 5.83. The Balaban J connectivity index is 0.000000615. The van der Waals surface area contributed by atoms with Gasteiger partial charge in [-0.05, 0) is 6.42 Å². The van der Waals surface area contributed by atoms with Crippen LogP contribution in [-0.4, -0.2) is 64.1 Å². The molecule has 0 amide bonds. The van der Waals surface area contributed by atoms with Crippen molar-refractivity contribution in [2.75, 3.05) is 40.1 Å². The van der Waals surface area contributed by atoms with Gasteiger partial charge in [0.15, 0.2) is 5.69 Å². The average Bonchev–Trinajstić information content (AvgIpc) is 3.02. The third-order valence-corrected chi connectivity index (χ3v) is 4.81. The molecule has 0 radical (unpaired) electrons. The van der Waals surface area contributed by atoms with Gasteiger partial charge < -0.3 is 18.8 Å². The summed E-state index contributed by atoms with van der Waals surface area (Å²) in [5.74, 6) is 0.751. The zero-order chi connectivity index (χ0) is 23.5. The van der Waals surface area contributed by atoms with E-state index >= 15 is 0 Å². The highest BCUT2D eigenvalue weighted by molar-refractivity contribution is 7.80. The van der Waals surface area contributed by atoms with Crippen LogP contribution in [-0.2, 0) is 47.1 Å². The molecule has 0 aliphatic rings. The number of aromatic nitrogens is 2. The van der Waals surface area contributed by atoms with Crippen molar-refractivity contribution in [2.45, 2.75) is 58.8 Å². The Hall–Kier alpha value is -1.53. The third kappa shape index (κ3) is 17.8. The number of hydrogen-bond donors (Lipinski definition) is 1. The Morgan fingerprint density at radius 3 is 2.29 bits per heavy atom. The van der Waals surface area contributed by atoms with E-state index < -0.39 is 10.4 Å². The van der Waals surface area contributed by atoms with Crippen LogP contribution in [0.25, 0.3) is 0 Å². The highest BCUT2D eigenvalue weighted by atomic mass is 32.3. The minimum atomic E-state index is -4.47. The van der Waals surface area contributed by atoms with Crippen LogP contribution in [0.5, 0.6) is 0 Å². The van der Waals surface area contributed by atoms with Gasteiger partial charge in [0.2, 0.25) is 10.4 Å². The lowest BCUT2D eigenvalue weighted by Gasteiger charge is -2.06. The van der Waals surface area contributed by atoms with Gasteiger partial charge in [0.05, 0.1) is 33.5 Å². The molecule has 1 rings (SSSR count). The number of carbonyl (C=O) groups is 1. The number of rotatable bonds is 16. The predicted octanol–water partition coefficient (Wildman–Crippen LogP) is 1.72. The number of aromatic amines is 1. The van der Waals surface area contributed by atoms with E-state index in [1.807, 2.05) is 24.7 Å². The molecule has 0 aliphatic heterocycles. The first-order valence-corrected chi connectivity index (χ1v) is 11.9. The monoisotopic (exact) mass is 466 g/mol. The quantitative estimate of drug-likeness (QED) is 0.128. The van der Waals surface area contributed by atoms with Crippen LogP contribution in [0.1, 0.15) is 57.0 Å². The zero-order valence-corrected chi connectivity index (χ0v) is 20.0. The van der Waals surface area contributed by atoms with Crippen LogP contribution >= 0.6 is 0 Å². The first kappa shape index (κ1) is 29.5. The second-order valence-electron chi connectivity index (χ2n) is 6.92. The van der Waals surface area contributed by atoms with Crippen LogP contribution in [0, 0.1) is 6.92 Å². The number of carbonyl (C=O) groups excluding carboxylic acids is 1. The normalized spacial score (nSPS) is 11.1. The smallest absolute Gasteiger partial charge is 0.314 e. The molecular weight excluding hydrogens is 428 g/mol. The largest absolute Gasteiger partial charge is 0.726 e. The highest BCUT2D eigenvalue weighted by Crippen LogP contribution is 2.05. The van der Waals surface area contributed by atoms with E-state index in [4.69, 9.17) is 14.2 Å². The number of nitrogens with one attached hydrogen (secondary N) is 1. The summed E-state index contributed by atoms with van der Waals surface area (Å²) in [5, 5.41) is 0. The van der Waals surface area contributed by atoms with Gasteiger partial charge in [0, 0.05) is 14.0 Å². The fourth-order valence-electron chi connectivity index (χ4n) is 2.47. The standard InChI is InChI=1S/C12H20N2O4.C8H18O4S/c1-10-13-9-11(14(10)2)8-12(15)18-7-6-17-5-4-16-3;1-2-3-4-5-6-7-8-12-13(9,10)11/h9H,4-8H2,1-3H3;2-8H2,1H3,(H,9,10,11). The average molecular weight is 467 g/mol. The van der Waals surface area contributed by atoms with Gasteiger partial charge in [-0.3, -0.25) is 8.98 Å². The lowest BCUT2D eigenvalue weighted by molar-refractivity contribution is -0.683. The van der Waals surface area contributed by atoms with Crippen molar-refractivity contribution in [3.05, 3.63) is 17.7 Å². The van der Waals surface area contributed by atoms with Gasteiger partial charge in [-0.2, -0.15) is 0 Å². The molecule has 0 fully saturated rings.